The van der Waals surface area contributed by atoms with Crippen molar-refractivity contribution in [1.29, 1.82) is 0 Å². The highest BCUT2D eigenvalue weighted by atomic mass is 32.1. The highest BCUT2D eigenvalue weighted by molar-refractivity contribution is 7.26. The second kappa shape index (κ2) is 11.4. The quantitative estimate of drug-likeness (QED) is 0.169. The minimum Gasteiger partial charge on any atom is -0.292 e. The van der Waals surface area contributed by atoms with E-state index in [1.807, 2.05) is 18.2 Å². The maximum atomic E-state index is 8.64. The molecule has 0 N–H and O–H groups in total. The molecule has 0 aliphatic heterocycles. The maximum absolute atomic E-state index is 8.64. The van der Waals surface area contributed by atoms with Crippen molar-refractivity contribution in [1.82, 2.24) is 9.55 Å². The molecule has 3 heteroatoms. The molecule has 0 spiro atoms. The normalized spacial score (nSPS) is 13.3. The van der Waals surface area contributed by atoms with Gasteiger partial charge in [0, 0.05) is 29.8 Å². The van der Waals surface area contributed by atoms with E-state index >= 15 is 0 Å². The first-order chi connectivity index (χ1) is 25.1. The van der Waals surface area contributed by atoms with Gasteiger partial charge in [0.2, 0.25) is 0 Å². The molecule has 0 aliphatic rings. The Morgan fingerprint density at radius 1 is 0.633 bits per heavy atom. The number of para-hydroxylation sites is 2. The third-order valence-corrected chi connectivity index (χ3v) is 11.2. The molecule has 9 aromatic rings. The zero-order chi connectivity index (χ0) is 35.9. The van der Waals surface area contributed by atoms with Crippen molar-refractivity contribution in [3.63, 3.8) is 0 Å². The first-order valence-electron chi connectivity index (χ1n) is 18.6. The van der Waals surface area contributed by atoms with Crippen LogP contribution >= 0.6 is 11.3 Å². The molecule has 0 saturated heterocycles. The van der Waals surface area contributed by atoms with Gasteiger partial charge in [0.1, 0.15) is 5.82 Å². The van der Waals surface area contributed by atoms with Crippen LogP contribution in [-0.4, -0.2) is 9.55 Å². The van der Waals surface area contributed by atoms with Gasteiger partial charge in [-0.05, 0) is 111 Å². The van der Waals surface area contributed by atoms with E-state index in [0.29, 0.717) is 5.56 Å². The molecular formula is C46H38N2S. The minimum atomic E-state index is -2.29. The van der Waals surface area contributed by atoms with Gasteiger partial charge in [0.05, 0.1) is 16.7 Å². The molecule has 0 aliphatic carbocycles. The molecular weight excluding hydrogens is 613 g/mol. The van der Waals surface area contributed by atoms with Crippen LogP contribution in [0.25, 0.3) is 81.0 Å². The van der Waals surface area contributed by atoms with E-state index < -0.39 is 6.85 Å². The topological polar surface area (TPSA) is 17.8 Å². The number of hydrogen-bond donors (Lipinski definition) is 0. The van der Waals surface area contributed by atoms with Gasteiger partial charge in [-0.3, -0.25) is 4.57 Å². The van der Waals surface area contributed by atoms with Crippen molar-refractivity contribution in [2.24, 2.45) is 0 Å². The van der Waals surface area contributed by atoms with Gasteiger partial charge in [0.15, 0.2) is 0 Å². The Morgan fingerprint density at radius 2 is 1.35 bits per heavy atom. The smallest absolute Gasteiger partial charge is 0.147 e. The largest absolute Gasteiger partial charge is 0.292 e. The molecule has 0 bridgehead atoms. The second-order valence-electron chi connectivity index (χ2n) is 13.8. The van der Waals surface area contributed by atoms with Crippen molar-refractivity contribution in [2.45, 2.75) is 46.4 Å². The number of hydrogen-bond acceptors (Lipinski definition) is 2. The van der Waals surface area contributed by atoms with Crippen molar-refractivity contribution in [3.8, 4) is 28.2 Å². The predicted molar refractivity (Wildman–Crippen MR) is 213 cm³/mol. The number of benzene rings is 7. The highest BCUT2D eigenvalue weighted by Gasteiger charge is 2.25. The zero-order valence-corrected chi connectivity index (χ0v) is 28.9. The summed E-state index contributed by atoms with van der Waals surface area (Å²) in [6.07, 6.45) is 0. The molecule has 2 nitrogen and oxygen atoms in total. The predicted octanol–water partition coefficient (Wildman–Crippen LogP) is 13.6. The number of thiophene rings is 1. The third kappa shape index (κ3) is 4.71. The molecule has 0 radical (unpaired) electrons. The Morgan fingerprint density at radius 3 is 2.12 bits per heavy atom. The van der Waals surface area contributed by atoms with Crippen molar-refractivity contribution < 1.29 is 4.11 Å². The lowest BCUT2D eigenvalue weighted by Crippen LogP contribution is -2.09. The number of nitrogens with zero attached hydrogens (tertiary/aromatic N) is 2. The molecule has 0 atom stereocenters. The summed E-state index contributed by atoms with van der Waals surface area (Å²) < 4.78 is 30.3. The molecule has 2 heterocycles. The molecule has 7 aromatic carbocycles. The first-order valence-corrected chi connectivity index (χ1v) is 17.9. The summed E-state index contributed by atoms with van der Waals surface area (Å²) in [5.74, 6) is 1.28. The first kappa shape index (κ1) is 26.7. The fraction of sp³-hybridized carbons (Fsp3) is 0.152. The van der Waals surface area contributed by atoms with Crippen LogP contribution in [0.5, 0.6) is 0 Å². The van der Waals surface area contributed by atoms with Crippen LogP contribution in [0.4, 0.5) is 0 Å². The summed E-state index contributed by atoms with van der Waals surface area (Å²) >= 11 is 1.67. The second-order valence-corrected chi connectivity index (χ2v) is 14.8. The van der Waals surface area contributed by atoms with E-state index in [2.05, 4.69) is 141 Å². The van der Waals surface area contributed by atoms with E-state index in [4.69, 9.17) is 9.10 Å². The lowest BCUT2D eigenvalue weighted by Gasteiger charge is -2.24. The van der Waals surface area contributed by atoms with Gasteiger partial charge in [-0.2, -0.15) is 0 Å². The van der Waals surface area contributed by atoms with E-state index in [9.17, 15) is 0 Å². The van der Waals surface area contributed by atoms with Gasteiger partial charge >= 0.3 is 0 Å². The van der Waals surface area contributed by atoms with Crippen LogP contribution in [0.15, 0.2) is 127 Å². The SMILES string of the molecule is [2H]C([2H])([2H])c1ccc(-c2nc3ccccc3n2-c2c(C(C)C)cc(-c3ccccc3)cc2C(C)C)c2sc3cc4c(ccc5ccccc54)cc3c12. The molecule has 0 unspecified atom stereocenters. The minimum absolute atomic E-state index is 0.231. The van der Waals surface area contributed by atoms with Crippen molar-refractivity contribution >= 4 is 64.1 Å². The summed E-state index contributed by atoms with van der Waals surface area (Å²) in [6.45, 7) is 6.77. The van der Waals surface area contributed by atoms with E-state index in [1.54, 1.807) is 11.3 Å². The zero-order valence-electron chi connectivity index (χ0n) is 31.1. The Labute approximate surface area is 295 Å². The van der Waals surface area contributed by atoms with Crippen LogP contribution in [0, 0.1) is 6.85 Å². The van der Waals surface area contributed by atoms with Gasteiger partial charge in [0.25, 0.3) is 0 Å². The summed E-state index contributed by atoms with van der Waals surface area (Å²) in [5, 5.41) is 6.41. The van der Waals surface area contributed by atoms with Crippen LogP contribution in [-0.2, 0) is 0 Å². The van der Waals surface area contributed by atoms with Gasteiger partial charge < -0.3 is 0 Å². The lowest BCUT2D eigenvalue weighted by atomic mass is 9.88. The third-order valence-electron chi connectivity index (χ3n) is 10.0. The molecule has 0 amide bonds. The summed E-state index contributed by atoms with van der Waals surface area (Å²) in [7, 11) is 0. The van der Waals surface area contributed by atoms with E-state index in [0.717, 1.165) is 53.7 Å². The van der Waals surface area contributed by atoms with Gasteiger partial charge in [-0.1, -0.05) is 113 Å². The molecule has 9 rings (SSSR count). The number of aryl methyl sites for hydroxylation is 1. The van der Waals surface area contributed by atoms with E-state index in [1.165, 1.54) is 38.4 Å². The Hall–Kier alpha value is -5.25. The summed E-state index contributed by atoms with van der Waals surface area (Å²) in [4.78, 5) is 5.38. The number of aromatic nitrogens is 2. The maximum Gasteiger partial charge on any atom is 0.147 e. The fourth-order valence-corrected chi connectivity index (χ4v) is 8.86. The van der Waals surface area contributed by atoms with Crippen LogP contribution in [0.1, 0.15) is 60.3 Å². The summed E-state index contributed by atoms with van der Waals surface area (Å²) in [5.41, 5.74) is 9.29. The standard InChI is InChI=1S/C46H38N2S/c1-27(2)36-24-33(30-13-7-6-8-14-30)25-37(28(3)4)44(36)48-41-18-12-11-17-40(41)47-46(48)35-22-19-29(5)43-39-23-32-21-20-31-15-9-10-16-34(31)38(32)26-42(39)49-45(35)43/h6-28H,1-5H3/i5D3. The molecule has 0 saturated carbocycles. The molecule has 238 valence electrons. The number of imidazole rings is 1. The average Bonchev–Trinajstić information content (AvgIpc) is 3.71. The average molecular weight is 654 g/mol. The van der Waals surface area contributed by atoms with Gasteiger partial charge in [-0.15, -0.1) is 11.3 Å². The number of rotatable bonds is 5. The Balaban J connectivity index is 1.40. The van der Waals surface area contributed by atoms with Crippen LogP contribution in [0.3, 0.4) is 0 Å². The Bertz CT molecular complexity index is 2810. The van der Waals surface area contributed by atoms with Crippen molar-refractivity contribution in [2.75, 3.05) is 0 Å². The summed E-state index contributed by atoms with van der Waals surface area (Å²) in [6, 6.07) is 44.7. The fourth-order valence-electron chi connectivity index (χ4n) is 7.61. The van der Waals surface area contributed by atoms with E-state index in [-0.39, 0.29) is 11.8 Å². The lowest BCUT2D eigenvalue weighted by molar-refractivity contribution is 0.812. The highest BCUT2D eigenvalue weighted by Crippen LogP contribution is 2.46. The Kier molecular flexibility index (Phi) is 6.22. The van der Waals surface area contributed by atoms with Crippen LogP contribution in [0.2, 0.25) is 0 Å². The molecule has 0 fully saturated rings. The van der Waals surface area contributed by atoms with Crippen LogP contribution < -0.4 is 0 Å². The monoisotopic (exact) mass is 653 g/mol. The van der Waals surface area contributed by atoms with Gasteiger partial charge in [-0.25, -0.2) is 4.98 Å². The molecule has 49 heavy (non-hydrogen) atoms. The van der Waals surface area contributed by atoms with Crippen molar-refractivity contribution in [3.05, 3.63) is 144 Å². The number of fused-ring (bicyclic) bond motifs is 7. The molecule has 2 aromatic heterocycles.